The number of hydrogen-bond donors (Lipinski definition) is 2. The number of aryl methyl sites for hydroxylation is 1. The fraction of sp³-hybridized carbons (Fsp3) is 0.455. The number of benzene rings is 1. The van der Waals surface area contributed by atoms with Gasteiger partial charge in [-0.3, -0.25) is 9.59 Å². The number of pyridine rings is 1. The molecule has 1 fully saturated rings. The van der Waals surface area contributed by atoms with E-state index < -0.39 is 0 Å². The Bertz CT molecular complexity index is 857. The Labute approximate surface area is 160 Å². The zero-order chi connectivity index (χ0) is 19.5. The van der Waals surface area contributed by atoms with Crippen LogP contribution in [-0.4, -0.2) is 29.6 Å². The van der Waals surface area contributed by atoms with E-state index in [0.717, 1.165) is 25.0 Å². The summed E-state index contributed by atoms with van der Waals surface area (Å²) in [5, 5.41) is 2.93. The van der Waals surface area contributed by atoms with Gasteiger partial charge >= 0.3 is 0 Å². The number of hydrogen-bond acceptors (Lipinski definition) is 3. The van der Waals surface area contributed by atoms with Crippen molar-refractivity contribution in [3.8, 4) is 0 Å². The lowest BCUT2D eigenvalue weighted by Gasteiger charge is -2.45. The van der Waals surface area contributed by atoms with E-state index in [0.29, 0.717) is 13.2 Å². The maximum Gasteiger partial charge on any atom is 0.256 e. The van der Waals surface area contributed by atoms with Gasteiger partial charge in [0, 0.05) is 36.5 Å². The highest BCUT2D eigenvalue weighted by molar-refractivity contribution is 5.93. The van der Waals surface area contributed by atoms with Gasteiger partial charge in [0.05, 0.1) is 5.60 Å². The molecule has 1 saturated heterocycles. The van der Waals surface area contributed by atoms with Gasteiger partial charge in [0.1, 0.15) is 5.56 Å². The van der Waals surface area contributed by atoms with Gasteiger partial charge in [-0.05, 0) is 45.6 Å². The van der Waals surface area contributed by atoms with Crippen molar-refractivity contribution >= 4 is 5.91 Å². The SMILES string of the molecule is Cc1cc(=O)c(C(=O)NCCC2(c3ccccc3)CCOC(C)(C)C2)c[nH]1. The summed E-state index contributed by atoms with van der Waals surface area (Å²) in [5.41, 5.74) is 1.67. The van der Waals surface area contributed by atoms with Crippen LogP contribution in [0.3, 0.4) is 0 Å². The van der Waals surface area contributed by atoms with Gasteiger partial charge in [-0.1, -0.05) is 30.3 Å². The number of rotatable bonds is 5. The van der Waals surface area contributed by atoms with Crippen LogP contribution >= 0.6 is 0 Å². The Kier molecular flexibility index (Phi) is 5.51. The molecule has 1 aromatic heterocycles. The Morgan fingerprint density at radius 3 is 2.67 bits per heavy atom. The molecule has 0 spiro atoms. The summed E-state index contributed by atoms with van der Waals surface area (Å²) < 4.78 is 5.93. The van der Waals surface area contributed by atoms with Gasteiger partial charge in [-0.25, -0.2) is 0 Å². The van der Waals surface area contributed by atoms with Gasteiger partial charge in [0.25, 0.3) is 5.91 Å². The van der Waals surface area contributed by atoms with E-state index in [9.17, 15) is 9.59 Å². The lowest BCUT2D eigenvalue weighted by Crippen LogP contribution is -2.45. The van der Waals surface area contributed by atoms with Gasteiger partial charge in [0.15, 0.2) is 5.43 Å². The third-order valence-corrected chi connectivity index (χ3v) is 5.41. The lowest BCUT2D eigenvalue weighted by atomic mass is 9.67. The number of amides is 1. The topological polar surface area (TPSA) is 71.2 Å². The molecule has 1 aliphatic heterocycles. The molecule has 0 saturated carbocycles. The van der Waals surface area contributed by atoms with Crippen molar-refractivity contribution in [1.29, 1.82) is 0 Å². The van der Waals surface area contributed by atoms with E-state index >= 15 is 0 Å². The fourth-order valence-electron chi connectivity index (χ4n) is 4.13. The minimum atomic E-state index is -0.328. The molecule has 1 aliphatic rings. The van der Waals surface area contributed by atoms with E-state index in [1.54, 1.807) is 6.92 Å². The third kappa shape index (κ3) is 4.48. The molecule has 1 amide bonds. The summed E-state index contributed by atoms with van der Waals surface area (Å²) in [6, 6.07) is 11.9. The summed E-state index contributed by atoms with van der Waals surface area (Å²) in [7, 11) is 0. The standard InChI is InChI=1S/C22H28N2O3/c1-16-13-19(25)18(14-24-16)20(26)23-11-9-22(17-7-5-4-6-8-17)10-12-27-21(2,3)15-22/h4-8,13-14H,9-12,15H2,1-3H3,(H,23,26)(H,24,25). The molecule has 3 rings (SSSR count). The van der Waals surface area contributed by atoms with Crippen molar-refractivity contribution in [2.45, 2.75) is 51.0 Å². The minimum absolute atomic E-state index is 0.0456. The molecule has 1 aromatic carbocycles. The molecular weight excluding hydrogens is 340 g/mol. The second-order valence-electron chi connectivity index (χ2n) is 8.08. The predicted octanol–water partition coefficient (Wildman–Crippen LogP) is 3.33. The lowest BCUT2D eigenvalue weighted by molar-refractivity contribution is -0.0838. The first-order valence-electron chi connectivity index (χ1n) is 9.48. The van der Waals surface area contributed by atoms with Crippen LogP contribution in [0.5, 0.6) is 0 Å². The molecule has 0 aliphatic carbocycles. The highest BCUT2D eigenvalue weighted by atomic mass is 16.5. The first-order chi connectivity index (χ1) is 12.8. The van der Waals surface area contributed by atoms with Gasteiger partial charge in [0.2, 0.25) is 0 Å². The van der Waals surface area contributed by atoms with Gasteiger partial charge < -0.3 is 15.0 Å². The number of ether oxygens (including phenoxy) is 1. The maximum atomic E-state index is 12.4. The number of nitrogens with one attached hydrogen (secondary N) is 2. The summed E-state index contributed by atoms with van der Waals surface area (Å²) in [6.45, 7) is 7.24. The van der Waals surface area contributed by atoms with E-state index in [1.165, 1.54) is 17.8 Å². The number of carbonyl (C=O) groups excluding carboxylic acids is 1. The van der Waals surface area contributed by atoms with Crippen molar-refractivity contribution in [2.75, 3.05) is 13.2 Å². The highest BCUT2D eigenvalue weighted by Crippen LogP contribution is 2.43. The Morgan fingerprint density at radius 1 is 1.26 bits per heavy atom. The zero-order valence-corrected chi connectivity index (χ0v) is 16.3. The van der Waals surface area contributed by atoms with Crippen molar-refractivity contribution in [3.05, 3.63) is 69.6 Å². The van der Waals surface area contributed by atoms with Crippen LogP contribution in [0.4, 0.5) is 0 Å². The number of carbonyl (C=O) groups is 1. The van der Waals surface area contributed by atoms with Crippen LogP contribution in [0.2, 0.25) is 0 Å². The monoisotopic (exact) mass is 368 g/mol. The maximum absolute atomic E-state index is 12.4. The van der Waals surface area contributed by atoms with Crippen LogP contribution in [-0.2, 0) is 10.2 Å². The Morgan fingerprint density at radius 2 is 2.00 bits per heavy atom. The average Bonchev–Trinajstić information content (AvgIpc) is 2.61. The molecule has 0 radical (unpaired) electrons. The molecule has 5 heteroatoms. The highest BCUT2D eigenvalue weighted by Gasteiger charge is 2.41. The molecule has 1 atom stereocenters. The summed E-state index contributed by atoms with van der Waals surface area (Å²) in [4.78, 5) is 27.4. The molecule has 1 unspecified atom stereocenters. The van der Waals surface area contributed by atoms with E-state index in [1.807, 2.05) is 6.07 Å². The molecule has 0 bridgehead atoms. The minimum Gasteiger partial charge on any atom is -0.376 e. The molecular formula is C22H28N2O3. The Hall–Kier alpha value is -2.40. The third-order valence-electron chi connectivity index (χ3n) is 5.41. The first-order valence-corrected chi connectivity index (χ1v) is 9.48. The summed E-state index contributed by atoms with van der Waals surface area (Å²) >= 11 is 0. The van der Waals surface area contributed by atoms with E-state index in [-0.39, 0.29) is 27.9 Å². The van der Waals surface area contributed by atoms with E-state index in [2.05, 4.69) is 48.4 Å². The molecule has 2 aromatic rings. The van der Waals surface area contributed by atoms with Crippen molar-refractivity contribution in [1.82, 2.24) is 10.3 Å². The molecule has 2 heterocycles. The summed E-state index contributed by atoms with van der Waals surface area (Å²) in [5.74, 6) is -0.328. The smallest absolute Gasteiger partial charge is 0.256 e. The van der Waals surface area contributed by atoms with Gasteiger partial charge in [-0.2, -0.15) is 0 Å². The Balaban J connectivity index is 1.74. The number of aromatic nitrogens is 1. The molecule has 27 heavy (non-hydrogen) atoms. The second kappa shape index (κ2) is 7.69. The van der Waals surface area contributed by atoms with Crippen LogP contribution < -0.4 is 10.7 Å². The molecule has 144 valence electrons. The van der Waals surface area contributed by atoms with Crippen molar-refractivity contribution < 1.29 is 9.53 Å². The van der Waals surface area contributed by atoms with E-state index in [4.69, 9.17) is 4.74 Å². The second-order valence-corrected chi connectivity index (χ2v) is 8.08. The van der Waals surface area contributed by atoms with Crippen LogP contribution in [0.15, 0.2) is 47.4 Å². The fourth-order valence-corrected chi connectivity index (χ4v) is 4.13. The van der Waals surface area contributed by atoms with Crippen LogP contribution in [0.1, 0.15) is 54.7 Å². The first kappa shape index (κ1) is 19.4. The average molecular weight is 368 g/mol. The summed E-state index contributed by atoms with van der Waals surface area (Å²) in [6.07, 6.45) is 4.10. The van der Waals surface area contributed by atoms with Gasteiger partial charge in [-0.15, -0.1) is 0 Å². The quantitative estimate of drug-likeness (QED) is 0.850. The zero-order valence-electron chi connectivity index (χ0n) is 16.3. The normalized spacial score (nSPS) is 21.6. The predicted molar refractivity (Wildman–Crippen MR) is 106 cm³/mol. The van der Waals surface area contributed by atoms with Crippen LogP contribution in [0.25, 0.3) is 0 Å². The molecule has 5 nitrogen and oxygen atoms in total. The van der Waals surface area contributed by atoms with Crippen molar-refractivity contribution in [2.24, 2.45) is 0 Å². The molecule has 2 N–H and O–H groups in total. The number of aromatic amines is 1. The van der Waals surface area contributed by atoms with Crippen molar-refractivity contribution in [3.63, 3.8) is 0 Å². The number of H-pyrrole nitrogens is 1. The largest absolute Gasteiger partial charge is 0.376 e. The van der Waals surface area contributed by atoms with Crippen LogP contribution in [0, 0.1) is 6.92 Å².